The van der Waals surface area contributed by atoms with Crippen molar-refractivity contribution in [1.29, 1.82) is 0 Å². The average Bonchev–Trinajstić information content (AvgIpc) is 2.95. The molecular weight excluding hydrogens is 340 g/mol. The van der Waals surface area contributed by atoms with Crippen LogP contribution < -0.4 is 11.1 Å². The predicted octanol–water partition coefficient (Wildman–Crippen LogP) is 4.26. The van der Waals surface area contributed by atoms with Gasteiger partial charge in [0.2, 0.25) is 5.91 Å². The van der Waals surface area contributed by atoms with E-state index in [-0.39, 0.29) is 16.6 Å². The van der Waals surface area contributed by atoms with Crippen molar-refractivity contribution in [2.75, 3.05) is 5.32 Å². The standard InChI is InChI=1S/C18H22N2O2S2/c1-11(16(22)20-17-14(15(19)21)9-10-23-17)24-13-7-5-12(6-8-13)18(2,3)4/h5-11H,1-4H3,(H2,19,21)(H,20,22)/t11-/m1/s1. The summed E-state index contributed by atoms with van der Waals surface area (Å²) in [6.45, 7) is 8.35. The Morgan fingerprint density at radius 2 is 1.79 bits per heavy atom. The van der Waals surface area contributed by atoms with Crippen molar-refractivity contribution in [3.63, 3.8) is 0 Å². The summed E-state index contributed by atoms with van der Waals surface area (Å²) in [5, 5.41) is 4.74. The Kier molecular flexibility index (Phi) is 5.72. The third-order valence-corrected chi connectivity index (χ3v) is 5.51. The number of primary amides is 1. The Labute approximate surface area is 150 Å². The first-order valence-corrected chi connectivity index (χ1v) is 9.40. The van der Waals surface area contributed by atoms with Gasteiger partial charge in [0, 0.05) is 4.90 Å². The zero-order chi connectivity index (χ0) is 17.9. The number of nitrogens with one attached hydrogen (secondary N) is 1. The van der Waals surface area contributed by atoms with Gasteiger partial charge in [-0.15, -0.1) is 23.1 Å². The summed E-state index contributed by atoms with van der Waals surface area (Å²) < 4.78 is 0. The number of anilines is 1. The molecule has 1 aromatic carbocycles. The van der Waals surface area contributed by atoms with E-state index in [0.29, 0.717) is 10.6 Å². The number of thiophene rings is 1. The molecule has 0 spiro atoms. The maximum absolute atomic E-state index is 12.3. The second-order valence-electron chi connectivity index (χ2n) is 6.55. The van der Waals surface area contributed by atoms with Gasteiger partial charge in [-0.3, -0.25) is 9.59 Å². The normalized spacial score (nSPS) is 12.7. The number of amides is 2. The number of rotatable bonds is 5. The molecule has 0 unspecified atom stereocenters. The first kappa shape index (κ1) is 18.5. The molecule has 0 aliphatic rings. The largest absolute Gasteiger partial charge is 0.366 e. The fraction of sp³-hybridized carbons (Fsp3) is 0.333. The average molecular weight is 363 g/mol. The molecule has 2 rings (SSSR count). The van der Waals surface area contributed by atoms with Crippen molar-refractivity contribution in [3.05, 3.63) is 46.8 Å². The quantitative estimate of drug-likeness (QED) is 0.781. The third kappa shape index (κ3) is 4.61. The minimum absolute atomic E-state index is 0.108. The molecule has 0 bridgehead atoms. The van der Waals surface area contributed by atoms with E-state index in [1.165, 1.54) is 28.7 Å². The maximum atomic E-state index is 12.3. The van der Waals surface area contributed by atoms with E-state index < -0.39 is 5.91 Å². The SMILES string of the molecule is C[C@@H](Sc1ccc(C(C)(C)C)cc1)C(=O)Nc1sccc1C(N)=O. The highest BCUT2D eigenvalue weighted by Crippen LogP contribution is 2.29. The van der Waals surface area contributed by atoms with E-state index >= 15 is 0 Å². The number of hydrogen-bond acceptors (Lipinski definition) is 4. The van der Waals surface area contributed by atoms with Gasteiger partial charge in [0.1, 0.15) is 5.00 Å². The molecule has 2 amide bonds. The lowest BCUT2D eigenvalue weighted by atomic mass is 9.87. The molecule has 1 heterocycles. The van der Waals surface area contributed by atoms with Crippen LogP contribution in [0, 0.1) is 0 Å². The van der Waals surface area contributed by atoms with Gasteiger partial charge in [-0.25, -0.2) is 0 Å². The van der Waals surface area contributed by atoms with Crippen molar-refractivity contribution in [1.82, 2.24) is 0 Å². The Hall–Kier alpha value is -1.79. The fourth-order valence-corrected chi connectivity index (χ4v) is 3.77. The first-order chi connectivity index (χ1) is 11.2. The Morgan fingerprint density at radius 1 is 1.17 bits per heavy atom. The number of nitrogens with two attached hydrogens (primary N) is 1. The summed E-state index contributed by atoms with van der Waals surface area (Å²) in [6, 6.07) is 9.88. The van der Waals surface area contributed by atoms with Crippen molar-refractivity contribution in [2.24, 2.45) is 5.73 Å². The second kappa shape index (κ2) is 7.40. The molecule has 0 aliphatic heterocycles. The van der Waals surface area contributed by atoms with Crippen LogP contribution in [0.3, 0.4) is 0 Å². The summed E-state index contributed by atoms with van der Waals surface area (Å²) in [4.78, 5) is 24.7. The van der Waals surface area contributed by atoms with Crippen LogP contribution in [0.2, 0.25) is 0 Å². The monoisotopic (exact) mass is 362 g/mol. The van der Waals surface area contributed by atoms with Gasteiger partial charge in [0.25, 0.3) is 5.91 Å². The van der Waals surface area contributed by atoms with Crippen LogP contribution in [-0.2, 0) is 10.2 Å². The zero-order valence-corrected chi connectivity index (χ0v) is 15.9. The summed E-state index contributed by atoms with van der Waals surface area (Å²) >= 11 is 2.78. The van der Waals surface area contributed by atoms with Crippen molar-refractivity contribution in [2.45, 2.75) is 43.3 Å². The van der Waals surface area contributed by atoms with Crippen LogP contribution in [0.5, 0.6) is 0 Å². The molecule has 1 aromatic heterocycles. The molecule has 128 valence electrons. The highest BCUT2D eigenvalue weighted by Gasteiger charge is 2.19. The lowest BCUT2D eigenvalue weighted by Crippen LogP contribution is -2.23. The molecule has 0 saturated heterocycles. The molecule has 0 radical (unpaired) electrons. The van der Waals surface area contributed by atoms with Crippen LogP contribution >= 0.6 is 23.1 Å². The van der Waals surface area contributed by atoms with Crippen LogP contribution in [0.4, 0.5) is 5.00 Å². The molecular formula is C18H22N2O2S2. The predicted molar refractivity (Wildman–Crippen MR) is 102 cm³/mol. The summed E-state index contributed by atoms with van der Waals surface area (Å²) in [5.41, 5.74) is 7.01. The molecule has 0 fully saturated rings. The van der Waals surface area contributed by atoms with Crippen LogP contribution in [0.25, 0.3) is 0 Å². The van der Waals surface area contributed by atoms with E-state index in [2.05, 4.69) is 38.2 Å². The topological polar surface area (TPSA) is 72.2 Å². The molecule has 2 aromatic rings. The molecule has 4 nitrogen and oxygen atoms in total. The minimum atomic E-state index is -0.537. The van der Waals surface area contributed by atoms with Crippen molar-refractivity contribution < 1.29 is 9.59 Å². The van der Waals surface area contributed by atoms with Crippen LogP contribution in [-0.4, -0.2) is 17.1 Å². The molecule has 0 saturated carbocycles. The van der Waals surface area contributed by atoms with Crippen LogP contribution in [0.15, 0.2) is 40.6 Å². The number of carbonyl (C=O) groups is 2. The van der Waals surface area contributed by atoms with Gasteiger partial charge in [0.05, 0.1) is 10.8 Å². The Morgan fingerprint density at radius 3 is 2.33 bits per heavy atom. The third-order valence-electron chi connectivity index (χ3n) is 3.57. The molecule has 24 heavy (non-hydrogen) atoms. The summed E-state index contributed by atoms with van der Waals surface area (Å²) in [5.74, 6) is -0.686. The van der Waals surface area contributed by atoms with Crippen LogP contribution in [0.1, 0.15) is 43.6 Å². The molecule has 6 heteroatoms. The molecule has 1 atom stereocenters. The van der Waals surface area contributed by atoms with Gasteiger partial charge in [-0.05, 0) is 41.5 Å². The van der Waals surface area contributed by atoms with Gasteiger partial charge in [-0.1, -0.05) is 32.9 Å². The van der Waals surface area contributed by atoms with E-state index in [0.717, 1.165) is 4.90 Å². The van der Waals surface area contributed by atoms with E-state index in [1.807, 2.05) is 19.1 Å². The van der Waals surface area contributed by atoms with Gasteiger partial charge < -0.3 is 11.1 Å². The van der Waals surface area contributed by atoms with E-state index in [9.17, 15) is 9.59 Å². The number of thioether (sulfide) groups is 1. The first-order valence-electron chi connectivity index (χ1n) is 7.64. The Bertz CT molecular complexity index is 730. The second-order valence-corrected chi connectivity index (χ2v) is 8.88. The highest BCUT2D eigenvalue weighted by atomic mass is 32.2. The van der Waals surface area contributed by atoms with Gasteiger partial charge >= 0.3 is 0 Å². The smallest absolute Gasteiger partial charge is 0.251 e. The molecule has 0 aliphatic carbocycles. The van der Waals surface area contributed by atoms with Crippen molar-refractivity contribution in [3.8, 4) is 0 Å². The Balaban J connectivity index is 2.01. The lowest BCUT2D eigenvalue weighted by Gasteiger charge is -2.19. The number of carbonyl (C=O) groups excluding carboxylic acids is 2. The van der Waals surface area contributed by atoms with E-state index in [4.69, 9.17) is 5.73 Å². The maximum Gasteiger partial charge on any atom is 0.251 e. The molecule has 3 N–H and O–H groups in total. The highest BCUT2D eigenvalue weighted by molar-refractivity contribution is 8.00. The van der Waals surface area contributed by atoms with E-state index in [1.54, 1.807) is 11.4 Å². The zero-order valence-electron chi connectivity index (χ0n) is 14.3. The fourth-order valence-electron chi connectivity index (χ4n) is 2.10. The lowest BCUT2D eigenvalue weighted by molar-refractivity contribution is -0.115. The summed E-state index contributed by atoms with van der Waals surface area (Å²) in [7, 11) is 0. The number of benzene rings is 1. The summed E-state index contributed by atoms with van der Waals surface area (Å²) in [6.07, 6.45) is 0. The van der Waals surface area contributed by atoms with Gasteiger partial charge in [0.15, 0.2) is 0 Å². The van der Waals surface area contributed by atoms with Gasteiger partial charge in [-0.2, -0.15) is 0 Å². The van der Waals surface area contributed by atoms with Crippen molar-refractivity contribution >= 4 is 39.9 Å². The minimum Gasteiger partial charge on any atom is -0.366 e. The number of hydrogen-bond donors (Lipinski definition) is 2.